The van der Waals surface area contributed by atoms with Crippen molar-refractivity contribution in [1.29, 1.82) is 0 Å². The van der Waals surface area contributed by atoms with Gasteiger partial charge in [-0.3, -0.25) is 9.59 Å². The average Bonchev–Trinajstić information content (AvgIpc) is 3.28. The number of aromatic nitrogens is 1. The Kier molecular flexibility index (Phi) is 7.82. The summed E-state index contributed by atoms with van der Waals surface area (Å²) >= 11 is 3.05. The van der Waals surface area contributed by atoms with Crippen LogP contribution >= 0.6 is 23.1 Å². The van der Waals surface area contributed by atoms with Gasteiger partial charge in [0.05, 0.1) is 5.69 Å². The molecule has 1 aliphatic carbocycles. The van der Waals surface area contributed by atoms with Crippen molar-refractivity contribution < 1.29 is 24.5 Å². The normalized spacial score (nSPS) is 17.5. The van der Waals surface area contributed by atoms with Gasteiger partial charge >= 0.3 is 11.9 Å². The number of hydrogen-bond donors (Lipinski definition) is 2. The molecule has 1 aliphatic rings. The van der Waals surface area contributed by atoms with Crippen LogP contribution in [-0.2, 0) is 15.3 Å². The Bertz CT molecular complexity index is 1180. The van der Waals surface area contributed by atoms with Crippen molar-refractivity contribution in [1.82, 2.24) is 4.98 Å². The van der Waals surface area contributed by atoms with Gasteiger partial charge < -0.3 is 14.9 Å². The monoisotopic (exact) mass is 511 g/mol. The number of rotatable bonds is 10. The fourth-order valence-electron chi connectivity index (χ4n) is 4.84. The Morgan fingerprint density at radius 2 is 1.77 bits per heavy atom. The first kappa shape index (κ1) is 25.3. The Labute approximate surface area is 213 Å². The van der Waals surface area contributed by atoms with E-state index in [9.17, 15) is 19.8 Å². The third-order valence-electron chi connectivity index (χ3n) is 6.82. The summed E-state index contributed by atoms with van der Waals surface area (Å²) in [5.41, 5.74) is 0.141. The molecule has 0 saturated heterocycles. The Hall–Kier alpha value is -2.84. The van der Waals surface area contributed by atoms with Gasteiger partial charge in [0, 0.05) is 22.5 Å². The molecular formula is C27H29NO5S2. The SMILES string of the molecule is CCC1CCC(C(CC)(C(=O)O)C(=O)O)c2sc(SCc3cccc(Oc4ccccc4)c3)nc21. The van der Waals surface area contributed by atoms with Crippen LogP contribution in [0, 0.1) is 5.41 Å². The Morgan fingerprint density at radius 3 is 2.43 bits per heavy atom. The first-order valence-corrected chi connectivity index (χ1v) is 13.6. The maximum Gasteiger partial charge on any atom is 0.321 e. The summed E-state index contributed by atoms with van der Waals surface area (Å²) in [6.07, 6.45) is 2.23. The fourth-order valence-corrected chi connectivity index (χ4v) is 7.26. The lowest BCUT2D eigenvalue weighted by Gasteiger charge is -2.36. The number of carboxylic acid groups (broad SMARTS) is 2. The van der Waals surface area contributed by atoms with Crippen LogP contribution in [0.4, 0.5) is 0 Å². The van der Waals surface area contributed by atoms with Crippen molar-refractivity contribution in [3.63, 3.8) is 0 Å². The number of benzene rings is 2. The van der Waals surface area contributed by atoms with Gasteiger partial charge in [-0.25, -0.2) is 4.98 Å². The number of thioether (sulfide) groups is 1. The Balaban J connectivity index is 1.57. The summed E-state index contributed by atoms with van der Waals surface area (Å²) < 4.78 is 6.78. The highest BCUT2D eigenvalue weighted by atomic mass is 32.2. The van der Waals surface area contributed by atoms with Crippen LogP contribution in [-0.4, -0.2) is 27.1 Å². The molecule has 4 rings (SSSR count). The lowest BCUT2D eigenvalue weighted by molar-refractivity contribution is -0.167. The van der Waals surface area contributed by atoms with Crippen LogP contribution in [0.15, 0.2) is 58.9 Å². The van der Waals surface area contributed by atoms with Gasteiger partial charge in [0.2, 0.25) is 0 Å². The molecule has 6 nitrogen and oxygen atoms in total. The molecule has 0 bridgehead atoms. The van der Waals surface area contributed by atoms with Crippen molar-refractivity contribution in [3.05, 3.63) is 70.7 Å². The number of carboxylic acids is 2. The van der Waals surface area contributed by atoms with Crippen molar-refractivity contribution in [2.24, 2.45) is 5.41 Å². The standard InChI is InChI=1S/C27H29NO5S2/c1-3-18-13-14-21(27(4-2,24(29)30)25(31)32)23-22(18)28-26(35-23)34-16-17-9-8-12-20(15-17)33-19-10-6-5-7-11-19/h5-12,15,18,21H,3-4,13-14,16H2,1-2H3,(H,29,30)(H,31,32). The first-order valence-electron chi connectivity index (χ1n) is 11.8. The minimum atomic E-state index is -1.83. The van der Waals surface area contributed by atoms with E-state index in [2.05, 4.69) is 6.92 Å². The number of thiazole rings is 1. The average molecular weight is 512 g/mol. The largest absolute Gasteiger partial charge is 0.480 e. The predicted octanol–water partition coefficient (Wildman–Crippen LogP) is 7.16. The van der Waals surface area contributed by atoms with Gasteiger partial charge in [-0.15, -0.1) is 11.3 Å². The van der Waals surface area contributed by atoms with Crippen molar-refractivity contribution in [2.75, 3.05) is 0 Å². The van der Waals surface area contributed by atoms with Crippen LogP contribution in [0.1, 0.15) is 67.5 Å². The molecule has 35 heavy (non-hydrogen) atoms. The van der Waals surface area contributed by atoms with E-state index in [1.54, 1.807) is 18.7 Å². The van der Waals surface area contributed by atoms with E-state index in [1.165, 1.54) is 11.3 Å². The molecule has 3 aromatic rings. The zero-order chi connectivity index (χ0) is 25.0. The molecule has 8 heteroatoms. The highest BCUT2D eigenvalue weighted by Gasteiger charge is 2.54. The maximum absolute atomic E-state index is 12.2. The molecule has 2 aromatic carbocycles. The minimum Gasteiger partial charge on any atom is -0.480 e. The summed E-state index contributed by atoms with van der Waals surface area (Å²) in [5.74, 6) is -0.669. The second-order valence-electron chi connectivity index (χ2n) is 8.75. The maximum atomic E-state index is 12.2. The lowest BCUT2D eigenvalue weighted by Crippen LogP contribution is -2.45. The molecule has 0 fully saturated rings. The van der Waals surface area contributed by atoms with Crippen LogP contribution in [0.5, 0.6) is 11.5 Å². The van der Waals surface area contributed by atoms with Gasteiger partial charge in [-0.1, -0.05) is 55.9 Å². The highest BCUT2D eigenvalue weighted by Crippen LogP contribution is 2.53. The van der Waals surface area contributed by atoms with E-state index in [0.29, 0.717) is 12.2 Å². The molecule has 0 aliphatic heterocycles. The minimum absolute atomic E-state index is 0.0349. The fraction of sp³-hybridized carbons (Fsp3) is 0.370. The Morgan fingerprint density at radius 1 is 1.06 bits per heavy atom. The van der Waals surface area contributed by atoms with E-state index >= 15 is 0 Å². The summed E-state index contributed by atoms with van der Waals surface area (Å²) in [6, 6.07) is 17.5. The molecular weight excluding hydrogens is 482 g/mol. The second kappa shape index (κ2) is 10.8. The smallest absolute Gasteiger partial charge is 0.321 e. The summed E-state index contributed by atoms with van der Waals surface area (Å²) in [6.45, 7) is 3.75. The quantitative estimate of drug-likeness (QED) is 0.220. The molecule has 0 spiro atoms. The molecule has 0 amide bonds. The van der Waals surface area contributed by atoms with Crippen LogP contribution in [0.2, 0.25) is 0 Å². The van der Waals surface area contributed by atoms with Crippen LogP contribution in [0.3, 0.4) is 0 Å². The first-order chi connectivity index (χ1) is 16.9. The van der Waals surface area contributed by atoms with Gasteiger partial charge in [-0.05, 0) is 55.5 Å². The van der Waals surface area contributed by atoms with E-state index in [-0.39, 0.29) is 12.3 Å². The molecule has 2 atom stereocenters. The number of ether oxygens (including phenoxy) is 1. The molecule has 1 aromatic heterocycles. The molecule has 2 unspecified atom stereocenters. The van der Waals surface area contributed by atoms with Gasteiger partial charge in [0.15, 0.2) is 9.75 Å². The summed E-state index contributed by atoms with van der Waals surface area (Å²) in [5, 5.41) is 19.9. The summed E-state index contributed by atoms with van der Waals surface area (Å²) in [4.78, 5) is 30.2. The molecule has 0 radical (unpaired) electrons. The van der Waals surface area contributed by atoms with E-state index in [4.69, 9.17) is 9.72 Å². The van der Waals surface area contributed by atoms with Gasteiger partial charge in [-0.2, -0.15) is 0 Å². The number of nitrogens with zero attached hydrogens (tertiary/aromatic N) is 1. The molecule has 2 N–H and O–H groups in total. The number of carbonyl (C=O) groups is 2. The number of para-hydroxylation sites is 1. The molecule has 184 valence electrons. The highest BCUT2D eigenvalue weighted by molar-refractivity contribution is 8.00. The van der Waals surface area contributed by atoms with Crippen molar-refractivity contribution in [2.45, 2.75) is 61.5 Å². The predicted molar refractivity (Wildman–Crippen MR) is 138 cm³/mol. The number of aliphatic carboxylic acids is 2. The third-order valence-corrected chi connectivity index (χ3v) is 9.22. The number of fused-ring (bicyclic) bond motifs is 1. The van der Waals surface area contributed by atoms with Crippen LogP contribution in [0.25, 0.3) is 0 Å². The van der Waals surface area contributed by atoms with Gasteiger partial charge in [0.25, 0.3) is 0 Å². The number of hydrogen-bond acceptors (Lipinski definition) is 6. The second-order valence-corrected chi connectivity index (χ2v) is 11.0. The topological polar surface area (TPSA) is 96.7 Å². The zero-order valence-corrected chi connectivity index (χ0v) is 21.4. The van der Waals surface area contributed by atoms with Crippen molar-refractivity contribution >= 4 is 35.0 Å². The lowest BCUT2D eigenvalue weighted by atomic mass is 9.66. The molecule has 1 heterocycles. The van der Waals surface area contributed by atoms with Crippen LogP contribution < -0.4 is 4.74 Å². The van der Waals surface area contributed by atoms with Crippen molar-refractivity contribution in [3.8, 4) is 11.5 Å². The van der Waals surface area contributed by atoms with Gasteiger partial charge in [0.1, 0.15) is 11.5 Å². The third kappa shape index (κ3) is 5.09. The molecule has 0 saturated carbocycles. The van der Waals surface area contributed by atoms with E-state index < -0.39 is 23.3 Å². The van der Waals surface area contributed by atoms with E-state index in [1.807, 2.05) is 54.6 Å². The summed E-state index contributed by atoms with van der Waals surface area (Å²) in [7, 11) is 0. The van der Waals surface area contributed by atoms with E-state index in [0.717, 1.165) is 44.8 Å². The zero-order valence-electron chi connectivity index (χ0n) is 19.8.